The van der Waals surface area contributed by atoms with Gasteiger partial charge in [-0.15, -0.1) is 0 Å². The Morgan fingerprint density at radius 1 is 1.31 bits per heavy atom. The molecule has 0 radical (unpaired) electrons. The molecule has 1 fully saturated rings. The molecular weight excluding hydrogens is 202 g/mol. The fourth-order valence-electron chi connectivity index (χ4n) is 2.27. The van der Waals surface area contributed by atoms with E-state index in [2.05, 4.69) is 15.3 Å². The molecular formula is C12H19N3O. The Bertz CT molecular complexity index is 350. The molecule has 0 amide bonds. The van der Waals surface area contributed by atoms with E-state index >= 15 is 0 Å². The molecule has 4 heteroatoms. The number of hydrogen-bond donors (Lipinski definition) is 1. The number of methoxy groups -OCH3 is 1. The SMILES string of the molecule is COc1nc(C)c(CC2CCNC2)c(C)n1. The quantitative estimate of drug-likeness (QED) is 0.834. The van der Waals surface area contributed by atoms with Crippen LogP contribution in [-0.2, 0) is 6.42 Å². The number of rotatable bonds is 3. The largest absolute Gasteiger partial charge is 0.467 e. The average molecular weight is 221 g/mol. The predicted octanol–water partition coefficient (Wildman–Crippen LogP) is 1.25. The van der Waals surface area contributed by atoms with E-state index in [1.165, 1.54) is 12.0 Å². The smallest absolute Gasteiger partial charge is 0.316 e. The topological polar surface area (TPSA) is 47.0 Å². The molecule has 0 aromatic carbocycles. The zero-order chi connectivity index (χ0) is 11.5. The van der Waals surface area contributed by atoms with Gasteiger partial charge in [0.1, 0.15) is 0 Å². The Kier molecular flexibility index (Phi) is 3.39. The molecule has 2 rings (SSSR count). The highest BCUT2D eigenvalue weighted by molar-refractivity contribution is 5.26. The summed E-state index contributed by atoms with van der Waals surface area (Å²) in [5, 5.41) is 3.39. The lowest BCUT2D eigenvalue weighted by Gasteiger charge is -2.13. The molecule has 1 aliphatic rings. The summed E-state index contributed by atoms with van der Waals surface area (Å²) in [5.74, 6) is 0.731. The van der Waals surface area contributed by atoms with Gasteiger partial charge >= 0.3 is 6.01 Å². The number of nitrogens with zero attached hydrogens (tertiary/aromatic N) is 2. The summed E-state index contributed by atoms with van der Waals surface area (Å²) in [5.41, 5.74) is 3.39. The van der Waals surface area contributed by atoms with Crippen molar-refractivity contribution in [2.75, 3.05) is 20.2 Å². The Balaban J connectivity index is 2.19. The van der Waals surface area contributed by atoms with Crippen LogP contribution < -0.4 is 10.1 Å². The van der Waals surface area contributed by atoms with Gasteiger partial charge < -0.3 is 10.1 Å². The molecule has 88 valence electrons. The van der Waals surface area contributed by atoms with E-state index in [-0.39, 0.29) is 0 Å². The highest BCUT2D eigenvalue weighted by Crippen LogP contribution is 2.20. The van der Waals surface area contributed by atoms with Crippen LogP contribution >= 0.6 is 0 Å². The number of nitrogens with one attached hydrogen (secondary N) is 1. The third-order valence-corrected chi connectivity index (χ3v) is 3.24. The summed E-state index contributed by atoms with van der Waals surface area (Å²) in [6.07, 6.45) is 2.33. The first kappa shape index (κ1) is 11.3. The third-order valence-electron chi connectivity index (χ3n) is 3.24. The molecule has 1 N–H and O–H groups in total. The Hall–Kier alpha value is -1.16. The van der Waals surface area contributed by atoms with E-state index in [4.69, 9.17) is 4.74 Å². The van der Waals surface area contributed by atoms with Crippen LogP contribution in [0, 0.1) is 19.8 Å². The molecule has 0 bridgehead atoms. The van der Waals surface area contributed by atoms with E-state index in [0.29, 0.717) is 6.01 Å². The van der Waals surface area contributed by atoms with Gasteiger partial charge in [-0.25, -0.2) is 9.97 Å². The summed E-state index contributed by atoms with van der Waals surface area (Å²) in [7, 11) is 1.61. The summed E-state index contributed by atoms with van der Waals surface area (Å²) in [6, 6.07) is 0.475. The van der Waals surface area contributed by atoms with Crippen LogP contribution in [0.25, 0.3) is 0 Å². The molecule has 16 heavy (non-hydrogen) atoms. The monoisotopic (exact) mass is 221 g/mol. The maximum absolute atomic E-state index is 5.07. The normalized spacial score (nSPS) is 20.1. The van der Waals surface area contributed by atoms with Crippen molar-refractivity contribution < 1.29 is 4.74 Å². The third kappa shape index (κ3) is 2.32. The van der Waals surface area contributed by atoms with Crippen molar-refractivity contribution in [2.24, 2.45) is 5.92 Å². The second-order valence-corrected chi connectivity index (χ2v) is 4.42. The molecule has 0 aliphatic carbocycles. The Morgan fingerprint density at radius 3 is 2.50 bits per heavy atom. The molecule has 1 saturated heterocycles. The zero-order valence-corrected chi connectivity index (χ0v) is 10.2. The van der Waals surface area contributed by atoms with E-state index in [9.17, 15) is 0 Å². The van der Waals surface area contributed by atoms with Crippen molar-refractivity contribution in [1.82, 2.24) is 15.3 Å². The van der Waals surface area contributed by atoms with Crippen LogP contribution in [0.4, 0.5) is 0 Å². The molecule has 0 saturated carbocycles. The van der Waals surface area contributed by atoms with Crippen molar-refractivity contribution >= 4 is 0 Å². The first-order valence-electron chi connectivity index (χ1n) is 5.79. The fourth-order valence-corrected chi connectivity index (χ4v) is 2.27. The lowest BCUT2D eigenvalue weighted by Crippen LogP contribution is -2.13. The van der Waals surface area contributed by atoms with Crippen LogP contribution in [0.3, 0.4) is 0 Å². The first-order valence-corrected chi connectivity index (χ1v) is 5.79. The summed E-state index contributed by atoms with van der Waals surface area (Å²) in [6.45, 7) is 6.33. The van der Waals surface area contributed by atoms with E-state index in [1.54, 1.807) is 7.11 Å². The lowest BCUT2D eigenvalue weighted by atomic mass is 9.97. The van der Waals surface area contributed by atoms with Gasteiger partial charge in [0.05, 0.1) is 7.11 Å². The number of ether oxygens (including phenoxy) is 1. The second kappa shape index (κ2) is 4.78. The molecule has 4 nitrogen and oxygen atoms in total. The van der Waals surface area contributed by atoms with Gasteiger partial charge in [-0.3, -0.25) is 0 Å². The van der Waals surface area contributed by atoms with Gasteiger partial charge in [-0.05, 0) is 51.3 Å². The van der Waals surface area contributed by atoms with Gasteiger partial charge in [0.15, 0.2) is 0 Å². The van der Waals surface area contributed by atoms with Gasteiger partial charge in [-0.1, -0.05) is 0 Å². The molecule has 2 heterocycles. The van der Waals surface area contributed by atoms with E-state index < -0.39 is 0 Å². The Labute approximate surface area is 96.4 Å². The second-order valence-electron chi connectivity index (χ2n) is 4.42. The standard InChI is InChI=1S/C12H19N3O/c1-8-11(6-10-4-5-13-7-10)9(2)15-12(14-8)16-3/h10,13H,4-7H2,1-3H3. The maximum Gasteiger partial charge on any atom is 0.316 e. The van der Waals surface area contributed by atoms with Gasteiger partial charge in [0.25, 0.3) is 0 Å². The maximum atomic E-state index is 5.07. The van der Waals surface area contributed by atoms with Gasteiger partial charge in [0.2, 0.25) is 0 Å². The molecule has 1 unspecified atom stereocenters. The van der Waals surface area contributed by atoms with Crippen LogP contribution in [0.15, 0.2) is 0 Å². The first-order chi connectivity index (χ1) is 7.70. The van der Waals surface area contributed by atoms with Gasteiger partial charge in [0, 0.05) is 11.4 Å². The highest BCUT2D eigenvalue weighted by atomic mass is 16.5. The molecule has 0 spiro atoms. The number of aryl methyl sites for hydroxylation is 2. The Morgan fingerprint density at radius 2 is 2.00 bits per heavy atom. The zero-order valence-electron chi connectivity index (χ0n) is 10.2. The van der Waals surface area contributed by atoms with Crippen molar-refractivity contribution in [3.63, 3.8) is 0 Å². The molecule has 1 aromatic rings. The minimum Gasteiger partial charge on any atom is -0.467 e. The minimum absolute atomic E-state index is 0.475. The van der Waals surface area contributed by atoms with Crippen LogP contribution in [0.2, 0.25) is 0 Å². The minimum atomic E-state index is 0.475. The van der Waals surface area contributed by atoms with Crippen molar-refractivity contribution in [2.45, 2.75) is 26.7 Å². The molecule has 1 aliphatic heterocycles. The number of aromatic nitrogens is 2. The van der Waals surface area contributed by atoms with E-state index in [1.807, 2.05) is 13.8 Å². The van der Waals surface area contributed by atoms with Crippen LogP contribution in [0.5, 0.6) is 6.01 Å². The van der Waals surface area contributed by atoms with Crippen molar-refractivity contribution in [1.29, 1.82) is 0 Å². The van der Waals surface area contributed by atoms with Crippen LogP contribution in [-0.4, -0.2) is 30.2 Å². The summed E-state index contributed by atoms with van der Waals surface area (Å²) >= 11 is 0. The highest BCUT2D eigenvalue weighted by Gasteiger charge is 2.18. The summed E-state index contributed by atoms with van der Waals surface area (Å²) in [4.78, 5) is 8.68. The lowest BCUT2D eigenvalue weighted by molar-refractivity contribution is 0.376. The predicted molar refractivity (Wildman–Crippen MR) is 62.7 cm³/mol. The van der Waals surface area contributed by atoms with E-state index in [0.717, 1.165) is 36.8 Å². The average Bonchev–Trinajstić information content (AvgIpc) is 2.75. The van der Waals surface area contributed by atoms with Crippen molar-refractivity contribution in [3.8, 4) is 6.01 Å². The number of hydrogen-bond acceptors (Lipinski definition) is 4. The molecule has 1 atom stereocenters. The summed E-state index contributed by atoms with van der Waals surface area (Å²) < 4.78 is 5.07. The fraction of sp³-hybridized carbons (Fsp3) is 0.667. The van der Waals surface area contributed by atoms with Crippen LogP contribution in [0.1, 0.15) is 23.4 Å². The van der Waals surface area contributed by atoms with Crippen molar-refractivity contribution in [3.05, 3.63) is 17.0 Å². The van der Waals surface area contributed by atoms with Gasteiger partial charge in [-0.2, -0.15) is 0 Å². The molecule has 1 aromatic heterocycles.